The number of hydrogen-bond acceptors (Lipinski definition) is 9. The Hall–Kier alpha value is -3.32. The number of carbonyl (C=O) groups is 1. The van der Waals surface area contributed by atoms with E-state index in [1.54, 1.807) is 6.07 Å². The van der Waals surface area contributed by atoms with Crippen molar-refractivity contribution in [1.29, 1.82) is 0 Å². The summed E-state index contributed by atoms with van der Waals surface area (Å²) in [5.74, 6) is 1.10. The van der Waals surface area contributed by atoms with Crippen molar-refractivity contribution in [2.45, 2.75) is 32.6 Å². The summed E-state index contributed by atoms with van der Waals surface area (Å²) < 4.78 is 36.5. The fourth-order valence-electron chi connectivity index (χ4n) is 3.71. The Morgan fingerprint density at radius 2 is 1.72 bits per heavy atom. The van der Waals surface area contributed by atoms with Crippen molar-refractivity contribution < 1.29 is 27.0 Å². The third-order valence-corrected chi connectivity index (χ3v) is 5.79. The number of benzene rings is 1. The van der Waals surface area contributed by atoms with Crippen LogP contribution in [0.25, 0.3) is 11.1 Å². The van der Waals surface area contributed by atoms with Crippen LogP contribution in [-0.2, 0) is 31.5 Å². The van der Waals surface area contributed by atoms with E-state index in [-0.39, 0.29) is 17.7 Å². The first-order valence-electron chi connectivity index (χ1n) is 12.7. The van der Waals surface area contributed by atoms with E-state index < -0.39 is 10.1 Å². The van der Waals surface area contributed by atoms with Crippen molar-refractivity contribution in [2.75, 3.05) is 56.3 Å². The zero-order valence-electron chi connectivity index (χ0n) is 22.8. The number of nitrogens with one attached hydrogen (secondary N) is 2. The Bertz CT molecular complexity index is 1290. The van der Waals surface area contributed by atoms with Crippen LogP contribution in [0.5, 0.6) is 0 Å². The van der Waals surface area contributed by atoms with Crippen molar-refractivity contribution in [3.8, 4) is 11.1 Å². The summed E-state index contributed by atoms with van der Waals surface area (Å²) in [5.41, 5.74) is 3.69. The highest BCUT2D eigenvalue weighted by atomic mass is 32.2. The molecule has 12 heteroatoms. The first kappa shape index (κ1) is 30.2. The maximum absolute atomic E-state index is 12.4. The molecule has 0 atom stereocenters. The Morgan fingerprint density at radius 1 is 1.08 bits per heavy atom. The van der Waals surface area contributed by atoms with Gasteiger partial charge < -0.3 is 14.6 Å². The molecule has 3 aromatic rings. The van der Waals surface area contributed by atoms with Gasteiger partial charge in [0, 0.05) is 49.4 Å². The molecule has 1 aromatic carbocycles. The van der Waals surface area contributed by atoms with Gasteiger partial charge in [-0.2, -0.15) is 8.42 Å². The van der Waals surface area contributed by atoms with Crippen LogP contribution in [0.2, 0.25) is 0 Å². The number of morpholine rings is 1. The molecule has 1 aliphatic rings. The lowest BCUT2D eigenvalue weighted by atomic mass is 9.92. The number of rotatable bonds is 8. The van der Waals surface area contributed by atoms with E-state index in [4.69, 9.17) is 13.8 Å². The molecule has 1 amide bonds. The largest absolute Gasteiger partial charge is 0.379 e. The number of anilines is 2. The van der Waals surface area contributed by atoms with Gasteiger partial charge in [0.05, 0.1) is 31.6 Å². The topological polar surface area (TPSA) is 147 Å². The third-order valence-electron chi connectivity index (χ3n) is 5.79. The summed E-state index contributed by atoms with van der Waals surface area (Å²) in [6, 6.07) is 13.8. The summed E-state index contributed by atoms with van der Waals surface area (Å²) in [4.78, 5) is 19.3. The van der Waals surface area contributed by atoms with E-state index in [0.29, 0.717) is 12.1 Å². The molecule has 2 aromatic heterocycles. The van der Waals surface area contributed by atoms with Crippen LogP contribution < -0.4 is 10.6 Å². The molecule has 1 saturated heterocycles. The summed E-state index contributed by atoms with van der Waals surface area (Å²) >= 11 is 0. The highest BCUT2D eigenvalue weighted by Crippen LogP contribution is 2.24. The molecule has 0 aliphatic carbocycles. The van der Waals surface area contributed by atoms with Crippen molar-refractivity contribution in [2.24, 2.45) is 0 Å². The summed E-state index contributed by atoms with van der Waals surface area (Å²) in [6.07, 6.45) is 2.85. The molecule has 3 heterocycles. The quantitative estimate of drug-likeness (QED) is 0.351. The lowest BCUT2D eigenvalue weighted by Gasteiger charge is -2.26. The van der Waals surface area contributed by atoms with Gasteiger partial charge in [-0.15, -0.1) is 0 Å². The van der Waals surface area contributed by atoms with Gasteiger partial charge in [0.25, 0.3) is 10.1 Å². The predicted octanol–water partition coefficient (Wildman–Crippen LogP) is 3.46. The van der Waals surface area contributed by atoms with Crippen LogP contribution in [0.15, 0.2) is 53.2 Å². The van der Waals surface area contributed by atoms with Gasteiger partial charge in [0.1, 0.15) is 5.82 Å². The number of nitrogens with zero attached hydrogens (tertiary/aromatic N) is 3. The van der Waals surface area contributed by atoms with Gasteiger partial charge in [-0.25, -0.2) is 4.98 Å². The number of ether oxygens (including phenoxy) is 1. The molecule has 1 aliphatic heterocycles. The van der Waals surface area contributed by atoms with Gasteiger partial charge in [0.15, 0.2) is 0 Å². The zero-order chi connectivity index (χ0) is 28.5. The average Bonchev–Trinajstić information content (AvgIpc) is 3.34. The number of hydrogen-bond donors (Lipinski definition) is 3. The fourth-order valence-corrected chi connectivity index (χ4v) is 3.71. The van der Waals surface area contributed by atoms with Gasteiger partial charge in [-0.3, -0.25) is 19.6 Å². The first-order chi connectivity index (χ1) is 18.4. The Balaban J connectivity index is 0.000000771. The lowest BCUT2D eigenvalue weighted by molar-refractivity contribution is -0.115. The van der Waals surface area contributed by atoms with Crippen LogP contribution in [0.3, 0.4) is 0 Å². The highest BCUT2D eigenvalue weighted by Gasteiger charge is 2.19. The molecule has 11 nitrogen and oxygen atoms in total. The fraction of sp³-hybridized carbons (Fsp3) is 0.444. The van der Waals surface area contributed by atoms with E-state index in [1.165, 1.54) is 0 Å². The summed E-state index contributed by atoms with van der Waals surface area (Å²) in [5, 5.41) is 10.2. The Labute approximate surface area is 229 Å². The van der Waals surface area contributed by atoms with Crippen LogP contribution in [0.4, 0.5) is 11.7 Å². The minimum atomic E-state index is -3.67. The molecule has 1 fully saturated rings. The monoisotopic (exact) mass is 559 g/mol. The second kappa shape index (κ2) is 13.7. The molecule has 212 valence electrons. The van der Waals surface area contributed by atoms with Crippen molar-refractivity contribution in [1.82, 2.24) is 15.0 Å². The van der Waals surface area contributed by atoms with Gasteiger partial charge in [-0.1, -0.05) is 50.2 Å². The van der Waals surface area contributed by atoms with Crippen LogP contribution >= 0.6 is 0 Å². The summed E-state index contributed by atoms with van der Waals surface area (Å²) in [7, 11) is -3.67. The first-order valence-corrected chi connectivity index (χ1v) is 14.5. The molecule has 0 bridgehead atoms. The standard InChI is InChI=1S/C26H33N5O3.CH4O3S/c1-26(2,3)22-17-25(34-30-22)29-24(32)16-19-4-6-20(7-5-19)21-8-9-23(28-18-21)27-10-11-31-12-14-33-15-13-31;1-5(2,3)4/h4-9,17-18H,10-16H2,1-3H3,(H,27,28)(H,29,32);1H3,(H,2,3,4). The molecule has 0 unspecified atom stereocenters. The predicted molar refractivity (Wildman–Crippen MR) is 150 cm³/mol. The van der Waals surface area contributed by atoms with E-state index in [0.717, 1.165) is 67.6 Å². The van der Waals surface area contributed by atoms with E-state index in [1.807, 2.05) is 57.3 Å². The molecule has 0 radical (unpaired) electrons. The minimum Gasteiger partial charge on any atom is -0.379 e. The second-order valence-corrected chi connectivity index (χ2v) is 11.8. The molecule has 0 saturated carbocycles. The number of pyridine rings is 1. The molecule has 0 spiro atoms. The average molecular weight is 560 g/mol. The number of aromatic nitrogens is 2. The van der Waals surface area contributed by atoms with Crippen LogP contribution in [0.1, 0.15) is 32.0 Å². The van der Waals surface area contributed by atoms with E-state index in [9.17, 15) is 13.2 Å². The van der Waals surface area contributed by atoms with E-state index in [2.05, 4.69) is 31.7 Å². The maximum Gasteiger partial charge on any atom is 0.261 e. The Morgan fingerprint density at radius 3 is 2.28 bits per heavy atom. The zero-order valence-corrected chi connectivity index (χ0v) is 23.6. The highest BCUT2D eigenvalue weighted by molar-refractivity contribution is 7.85. The van der Waals surface area contributed by atoms with Crippen molar-refractivity contribution in [3.63, 3.8) is 0 Å². The van der Waals surface area contributed by atoms with Gasteiger partial charge in [0.2, 0.25) is 11.8 Å². The normalized spacial score (nSPS) is 14.3. The van der Waals surface area contributed by atoms with Gasteiger partial charge >= 0.3 is 0 Å². The molecular formula is C27H37N5O6S. The van der Waals surface area contributed by atoms with Crippen LogP contribution in [0, 0.1) is 0 Å². The smallest absolute Gasteiger partial charge is 0.261 e. The minimum absolute atomic E-state index is 0.131. The van der Waals surface area contributed by atoms with Crippen molar-refractivity contribution in [3.05, 3.63) is 59.9 Å². The molecule has 39 heavy (non-hydrogen) atoms. The molecule has 4 rings (SSSR count). The Kier molecular flexibility index (Phi) is 10.6. The third kappa shape index (κ3) is 11.1. The van der Waals surface area contributed by atoms with Crippen LogP contribution in [-0.4, -0.2) is 79.6 Å². The maximum atomic E-state index is 12.4. The molecule has 3 N–H and O–H groups in total. The number of amides is 1. The summed E-state index contributed by atoms with van der Waals surface area (Å²) in [6.45, 7) is 11.6. The second-order valence-electron chi connectivity index (χ2n) is 10.3. The SMILES string of the molecule is CC(C)(C)c1cc(NC(=O)Cc2ccc(-c3ccc(NCCN4CCOCC4)nc3)cc2)on1.CS(=O)(=O)O. The van der Waals surface area contributed by atoms with Crippen molar-refractivity contribution >= 4 is 27.7 Å². The molecular weight excluding hydrogens is 522 g/mol. The lowest BCUT2D eigenvalue weighted by Crippen LogP contribution is -2.39. The number of carbonyl (C=O) groups excluding carboxylic acids is 1. The van der Waals surface area contributed by atoms with Gasteiger partial charge in [-0.05, 0) is 23.3 Å². The van der Waals surface area contributed by atoms with E-state index >= 15 is 0 Å².